The smallest absolute Gasteiger partial charge is 0.327 e. The van der Waals surface area contributed by atoms with Crippen molar-refractivity contribution in [3.63, 3.8) is 0 Å². The molecular formula is C5H12KNO5P. The molecule has 0 amide bonds. The molecule has 0 aliphatic heterocycles. The van der Waals surface area contributed by atoms with E-state index in [4.69, 9.17) is 15.7 Å². The first-order valence-corrected chi connectivity index (χ1v) is 5.01. The van der Waals surface area contributed by atoms with Crippen molar-refractivity contribution in [1.29, 1.82) is 0 Å². The van der Waals surface area contributed by atoms with E-state index in [-0.39, 0.29) is 64.0 Å². The molecule has 0 saturated carbocycles. The molecule has 0 rings (SSSR count). The van der Waals surface area contributed by atoms with E-state index < -0.39 is 19.6 Å². The molecule has 13 heavy (non-hydrogen) atoms. The first kappa shape index (κ1) is 16.6. The van der Waals surface area contributed by atoms with Crippen LogP contribution in [-0.4, -0.2) is 86.7 Å². The predicted molar refractivity (Wildman–Crippen MR) is 47.7 cm³/mol. The average Bonchev–Trinajstić information content (AvgIpc) is 2.00. The second-order valence-electron chi connectivity index (χ2n) is 2.28. The molecule has 0 aromatic rings. The van der Waals surface area contributed by atoms with Gasteiger partial charge < -0.3 is 20.3 Å². The first-order chi connectivity index (χ1) is 5.39. The molecule has 0 fully saturated rings. The van der Waals surface area contributed by atoms with E-state index in [1.807, 2.05) is 0 Å². The van der Waals surface area contributed by atoms with Crippen LogP contribution in [0.3, 0.4) is 0 Å². The summed E-state index contributed by atoms with van der Waals surface area (Å²) in [5.74, 6) is -1.19. The SMILES string of the molecule is COP(=O)(O)CC[C@H](N)C(=O)O.[K]. The maximum Gasteiger partial charge on any atom is 0.327 e. The molecule has 0 aliphatic rings. The number of carboxylic acid groups (broad SMARTS) is 1. The van der Waals surface area contributed by atoms with Crippen molar-refractivity contribution in [2.24, 2.45) is 5.73 Å². The van der Waals surface area contributed by atoms with Gasteiger partial charge in [0.05, 0.1) is 6.16 Å². The van der Waals surface area contributed by atoms with E-state index >= 15 is 0 Å². The van der Waals surface area contributed by atoms with E-state index in [0.29, 0.717) is 0 Å². The van der Waals surface area contributed by atoms with Crippen LogP contribution in [-0.2, 0) is 13.9 Å². The minimum absolute atomic E-state index is 0. The minimum atomic E-state index is -3.61. The van der Waals surface area contributed by atoms with E-state index in [1.54, 1.807) is 0 Å². The third-order valence-corrected chi connectivity index (χ3v) is 2.72. The summed E-state index contributed by atoms with van der Waals surface area (Å²) in [5.41, 5.74) is 5.09. The fourth-order valence-electron chi connectivity index (χ4n) is 0.517. The van der Waals surface area contributed by atoms with Crippen LogP contribution in [0.4, 0.5) is 0 Å². The Balaban J connectivity index is 0. The summed E-state index contributed by atoms with van der Waals surface area (Å²) in [6.07, 6.45) is -0.312. The Hall–Kier alpha value is 1.22. The van der Waals surface area contributed by atoms with Crippen LogP contribution < -0.4 is 5.73 Å². The summed E-state index contributed by atoms with van der Waals surface area (Å²) in [7, 11) is -2.52. The van der Waals surface area contributed by atoms with Crippen molar-refractivity contribution in [2.75, 3.05) is 13.3 Å². The molecule has 0 bridgehead atoms. The van der Waals surface area contributed by atoms with Crippen molar-refractivity contribution < 1.29 is 23.9 Å². The minimum Gasteiger partial charge on any atom is -0.480 e. The molecule has 0 heterocycles. The molecule has 6 nitrogen and oxygen atoms in total. The number of hydrogen-bond donors (Lipinski definition) is 3. The zero-order valence-corrected chi connectivity index (χ0v) is 11.7. The van der Waals surface area contributed by atoms with E-state index in [9.17, 15) is 9.36 Å². The van der Waals surface area contributed by atoms with E-state index in [0.717, 1.165) is 7.11 Å². The van der Waals surface area contributed by atoms with E-state index in [1.165, 1.54) is 0 Å². The van der Waals surface area contributed by atoms with Crippen molar-refractivity contribution in [1.82, 2.24) is 0 Å². The third kappa shape index (κ3) is 8.23. The molecule has 73 valence electrons. The van der Waals surface area contributed by atoms with Crippen LogP contribution in [0, 0.1) is 0 Å². The van der Waals surface area contributed by atoms with Gasteiger partial charge in [0, 0.05) is 58.5 Å². The van der Waals surface area contributed by atoms with Crippen LogP contribution in [0.2, 0.25) is 0 Å². The summed E-state index contributed by atoms with van der Waals surface area (Å²) in [6, 6.07) is -1.11. The summed E-state index contributed by atoms with van der Waals surface area (Å²) >= 11 is 0. The second kappa shape index (κ2) is 7.50. The van der Waals surface area contributed by atoms with Gasteiger partial charge in [-0.2, -0.15) is 0 Å². The van der Waals surface area contributed by atoms with Gasteiger partial charge in [-0.15, -0.1) is 0 Å². The Kier molecular flexibility index (Phi) is 9.60. The predicted octanol–water partition coefficient (Wildman–Crippen LogP) is -0.761. The Labute approximate surface area is 119 Å². The van der Waals surface area contributed by atoms with Crippen LogP contribution in [0.1, 0.15) is 6.42 Å². The van der Waals surface area contributed by atoms with Gasteiger partial charge in [0.25, 0.3) is 0 Å². The molecule has 4 N–H and O–H groups in total. The Morgan fingerprint density at radius 1 is 1.69 bits per heavy atom. The van der Waals surface area contributed by atoms with E-state index in [2.05, 4.69) is 4.52 Å². The zero-order valence-electron chi connectivity index (χ0n) is 7.64. The first-order valence-electron chi connectivity index (χ1n) is 3.25. The van der Waals surface area contributed by atoms with Crippen molar-refractivity contribution in [3.05, 3.63) is 0 Å². The maximum absolute atomic E-state index is 10.8. The van der Waals surface area contributed by atoms with Gasteiger partial charge in [0.15, 0.2) is 0 Å². The Morgan fingerprint density at radius 3 is 2.46 bits per heavy atom. The summed E-state index contributed by atoms with van der Waals surface area (Å²) in [4.78, 5) is 19.0. The Bertz CT molecular complexity index is 211. The Morgan fingerprint density at radius 2 is 2.15 bits per heavy atom. The number of nitrogens with two attached hydrogens (primary N) is 1. The molecule has 1 unspecified atom stereocenters. The van der Waals surface area contributed by atoms with Gasteiger partial charge in [-0.25, -0.2) is 0 Å². The normalized spacial score (nSPS) is 16.8. The fraction of sp³-hybridized carbons (Fsp3) is 0.800. The van der Waals surface area contributed by atoms with Crippen LogP contribution in [0.15, 0.2) is 0 Å². The quantitative estimate of drug-likeness (QED) is 0.427. The van der Waals surface area contributed by atoms with Crippen LogP contribution >= 0.6 is 7.60 Å². The second-order valence-corrected chi connectivity index (χ2v) is 4.36. The van der Waals surface area contributed by atoms with Gasteiger partial charge in [-0.1, -0.05) is 0 Å². The number of aliphatic carboxylic acids is 1. The molecule has 0 aliphatic carbocycles. The standard InChI is InChI=1S/C5H12NO5P.K/c1-11-12(9,10)3-2-4(6)5(7)8;/h4H,2-3,6H2,1H3,(H,7,8)(H,9,10);/t4-;/m0./s1. The van der Waals surface area contributed by atoms with Gasteiger partial charge in [-0.3, -0.25) is 9.36 Å². The molecule has 8 heteroatoms. The number of hydrogen-bond acceptors (Lipinski definition) is 4. The number of carboxylic acids is 1. The molecule has 0 spiro atoms. The van der Waals surface area contributed by atoms with Gasteiger partial charge >= 0.3 is 13.6 Å². The van der Waals surface area contributed by atoms with Gasteiger partial charge in [-0.05, 0) is 6.42 Å². The molecule has 0 aromatic carbocycles. The van der Waals surface area contributed by atoms with Crippen LogP contribution in [0.5, 0.6) is 0 Å². The van der Waals surface area contributed by atoms with Gasteiger partial charge in [0.2, 0.25) is 0 Å². The monoisotopic (exact) mass is 236 g/mol. The molecule has 1 radical (unpaired) electrons. The molecule has 0 saturated heterocycles. The van der Waals surface area contributed by atoms with Gasteiger partial charge in [0.1, 0.15) is 6.04 Å². The fourth-order valence-corrected chi connectivity index (χ4v) is 1.30. The number of rotatable bonds is 5. The molecule has 2 atom stereocenters. The maximum atomic E-state index is 10.8. The topological polar surface area (TPSA) is 110 Å². The molecule has 0 aromatic heterocycles. The zero-order chi connectivity index (χ0) is 9.78. The van der Waals surface area contributed by atoms with Crippen molar-refractivity contribution in [2.45, 2.75) is 12.5 Å². The van der Waals surface area contributed by atoms with Crippen molar-refractivity contribution >= 4 is 64.9 Å². The number of carbonyl (C=O) groups is 1. The van der Waals surface area contributed by atoms with Crippen molar-refractivity contribution in [3.8, 4) is 0 Å². The third-order valence-electron chi connectivity index (χ3n) is 1.33. The molecular weight excluding hydrogens is 224 g/mol. The largest absolute Gasteiger partial charge is 0.480 e. The van der Waals surface area contributed by atoms with Crippen LogP contribution in [0.25, 0.3) is 0 Å². The average molecular weight is 236 g/mol. The summed E-state index contributed by atoms with van der Waals surface area (Å²) in [6.45, 7) is 0. The summed E-state index contributed by atoms with van der Waals surface area (Å²) < 4.78 is 15.0. The summed E-state index contributed by atoms with van der Waals surface area (Å²) in [5, 5.41) is 8.31.